The number of aromatic nitrogens is 1. The molecule has 2 N–H and O–H groups in total. The normalized spacial score (nSPS) is 10.2. The van der Waals surface area contributed by atoms with Crippen molar-refractivity contribution >= 4 is 5.82 Å². The maximum atomic E-state index is 5.53. The fourth-order valence-corrected chi connectivity index (χ4v) is 1.71. The second kappa shape index (κ2) is 4.87. The van der Waals surface area contributed by atoms with Crippen molar-refractivity contribution < 1.29 is 18.7 Å². The molecule has 0 aliphatic heterocycles. The van der Waals surface area contributed by atoms with Crippen LogP contribution in [0.1, 0.15) is 0 Å². The van der Waals surface area contributed by atoms with Crippen molar-refractivity contribution in [2.45, 2.75) is 0 Å². The zero-order valence-electron chi connectivity index (χ0n) is 10.4. The fraction of sp³-hybridized carbons (Fsp3) is 0.250. The number of anilines is 1. The molecule has 1 aromatic heterocycles. The van der Waals surface area contributed by atoms with Gasteiger partial charge < -0.3 is 24.5 Å². The van der Waals surface area contributed by atoms with Crippen LogP contribution in [0.5, 0.6) is 17.2 Å². The molecule has 0 amide bonds. The third-order valence-electron chi connectivity index (χ3n) is 2.50. The van der Waals surface area contributed by atoms with Gasteiger partial charge in [0.05, 0.1) is 26.9 Å². The topological polar surface area (TPSA) is 79.7 Å². The number of hydrogen-bond acceptors (Lipinski definition) is 6. The molecule has 0 radical (unpaired) electrons. The second-order valence-corrected chi connectivity index (χ2v) is 3.50. The lowest BCUT2D eigenvalue weighted by molar-refractivity contribution is 0.324. The first-order chi connectivity index (χ1) is 8.71. The van der Waals surface area contributed by atoms with Crippen molar-refractivity contribution in [2.75, 3.05) is 27.1 Å². The molecule has 0 aliphatic carbocycles. The average Bonchev–Trinajstić information content (AvgIpc) is 2.83. The Balaban J connectivity index is 2.61. The Hall–Kier alpha value is -2.37. The number of rotatable bonds is 4. The largest absolute Gasteiger partial charge is 0.493 e. The number of nitrogens with zero attached hydrogens (tertiary/aromatic N) is 1. The molecule has 0 unspecified atom stereocenters. The van der Waals surface area contributed by atoms with Gasteiger partial charge in [-0.25, -0.2) is 0 Å². The Kier molecular flexibility index (Phi) is 3.27. The first kappa shape index (κ1) is 12.1. The first-order valence-electron chi connectivity index (χ1n) is 5.22. The smallest absolute Gasteiger partial charge is 0.204 e. The lowest BCUT2D eigenvalue weighted by Crippen LogP contribution is -1.96. The minimum Gasteiger partial charge on any atom is -0.493 e. The molecular formula is C12H14N2O4. The Morgan fingerprint density at radius 1 is 1.06 bits per heavy atom. The molecule has 0 spiro atoms. The molecule has 1 heterocycles. The van der Waals surface area contributed by atoms with Gasteiger partial charge in [0, 0.05) is 6.07 Å². The summed E-state index contributed by atoms with van der Waals surface area (Å²) in [6.07, 6.45) is 0. The summed E-state index contributed by atoms with van der Waals surface area (Å²) in [6.45, 7) is 0. The van der Waals surface area contributed by atoms with Crippen LogP contribution in [0.2, 0.25) is 0 Å². The van der Waals surface area contributed by atoms with Gasteiger partial charge in [0.25, 0.3) is 0 Å². The van der Waals surface area contributed by atoms with Crippen LogP contribution in [0, 0.1) is 0 Å². The van der Waals surface area contributed by atoms with E-state index in [9.17, 15) is 0 Å². The third-order valence-corrected chi connectivity index (χ3v) is 2.50. The standard InChI is InChI=1S/C12H14N2O4/c1-15-8-5-4-7(9-6-10(13)14-18-9)11(16-2)12(8)17-3/h4-6H,1-3H3,(H2,13,14). The number of hydrogen-bond donors (Lipinski definition) is 1. The Labute approximate surface area is 104 Å². The molecule has 0 atom stereocenters. The maximum absolute atomic E-state index is 5.53. The summed E-state index contributed by atoms with van der Waals surface area (Å²) >= 11 is 0. The highest BCUT2D eigenvalue weighted by Gasteiger charge is 2.19. The SMILES string of the molecule is COc1ccc(-c2cc(N)no2)c(OC)c1OC. The van der Waals surface area contributed by atoms with Crippen LogP contribution < -0.4 is 19.9 Å². The molecule has 0 saturated carbocycles. The zero-order valence-corrected chi connectivity index (χ0v) is 10.4. The van der Waals surface area contributed by atoms with Gasteiger partial charge in [-0.2, -0.15) is 0 Å². The van der Waals surface area contributed by atoms with Crippen LogP contribution in [0.25, 0.3) is 11.3 Å². The fourth-order valence-electron chi connectivity index (χ4n) is 1.71. The predicted molar refractivity (Wildman–Crippen MR) is 66.0 cm³/mol. The molecule has 0 bridgehead atoms. The van der Waals surface area contributed by atoms with Crippen molar-refractivity contribution in [1.82, 2.24) is 5.16 Å². The molecular weight excluding hydrogens is 236 g/mol. The highest BCUT2D eigenvalue weighted by molar-refractivity contribution is 5.74. The van der Waals surface area contributed by atoms with Gasteiger partial charge in [-0.3, -0.25) is 0 Å². The summed E-state index contributed by atoms with van der Waals surface area (Å²) in [4.78, 5) is 0. The van der Waals surface area contributed by atoms with Crippen molar-refractivity contribution in [2.24, 2.45) is 0 Å². The van der Waals surface area contributed by atoms with Crippen molar-refractivity contribution in [3.05, 3.63) is 18.2 Å². The monoisotopic (exact) mass is 250 g/mol. The van der Waals surface area contributed by atoms with Crippen LogP contribution in [-0.2, 0) is 0 Å². The quantitative estimate of drug-likeness (QED) is 0.893. The first-order valence-corrected chi connectivity index (χ1v) is 5.22. The van der Waals surface area contributed by atoms with Gasteiger partial charge in [0.15, 0.2) is 23.1 Å². The van der Waals surface area contributed by atoms with E-state index in [1.807, 2.05) is 0 Å². The zero-order chi connectivity index (χ0) is 13.1. The molecule has 1 aromatic carbocycles. The van der Waals surface area contributed by atoms with E-state index in [0.29, 0.717) is 34.4 Å². The summed E-state index contributed by atoms with van der Waals surface area (Å²) in [5, 5.41) is 3.64. The predicted octanol–water partition coefficient (Wildman–Crippen LogP) is 1.95. The number of ether oxygens (including phenoxy) is 3. The highest BCUT2D eigenvalue weighted by atomic mass is 16.5. The van der Waals surface area contributed by atoms with Gasteiger partial charge in [-0.15, -0.1) is 0 Å². The number of nitrogens with two attached hydrogens (primary N) is 1. The molecule has 0 fully saturated rings. The summed E-state index contributed by atoms with van der Waals surface area (Å²) in [7, 11) is 4.64. The number of benzene rings is 1. The van der Waals surface area contributed by atoms with Gasteiger partial charge in [0.1, 0.15) is 0 Å². The Morgan fingerprint density at radius 2 is 1.78 bits per heavy atom. The maximum Gasteiger partial charge on any atom is 0.204 e. The van der Waals surface area contributed by atoms with E-state index in [2.05, 4.69) is 5.16 Å². The van der Waals surface area contributed by atoms with E-state index in [1.165, 1.54) is 0 Å². The average molecular weight is 250 g/mol. The lowest BCUT2D eigenvalue weighted by Gasteiger charge is -2.14. The van der Waals surface area contributed by atoms with Crippen LogP contribution in [-0.4, -0.2) is 26.5 Å². The third kappa shape index (κ3) is 1.92. The molecule has 2 aromatic rings. The van der Waals surface area contributed by atoms with Crippen LogP contribution in [0.3, 0.4) is 0 Å². The van der Waals surface area contributed by atoms with Crippen molar-refractivity contribution in [3.63, 3.8) is 0 Å². The van der Waals surface area contributed by atoms with Gasteiger partial charge in [-0.1, -0.05) is 5.16 Å². The minimum atomic E-state index is 0.307. The summed E-state index contributed by atoms with van der Waals surface area (Å²) < 4.78 is 20.9. The molecule has 6 heteroatoms. The molecule has 6 nitrogen and oxygen atoms in total. The number of methoxy groups -OCH3 is 3. The van der Waals surface area contributed by atoms with E-state index in [1.54, 1.807) is 39.5 Å². The summed E-state index contributed by atoms with van der Waals surface area (Å²) in [5.74, 6) is 2.39. The molecule has 18 heavy (non-hydrogen) atoms. The Morgan fingerprint density at radius 3 is 2.28 bits per heavy atom. The lowest BCUT2D eigenvalue weighted by atomic mass is 10.1. The minimum absolute atomic E-state index is 0.307. The summed E-state index contributed by atoms with van der Waals surface area (Å²) in [6, 6.07) is 5.17. The van der Waals surface area contributed by atoms with E-state index in [-0.39, 0.29) is 0 Å². The van der Waals surface area contributed by atoms with E-state index >= 15 is 0 Å². The van der Waals surface area contributed by atoms with E-state index < -0.39 is 0 Å². The Bertz CT molecular complexity index is 551. The van der Waals surface area contributed by atoms with Gasteiger partial charge in [-0.05, 0) is 12.1 Å². The number of nitrogen functional groups attached to an aromatic ring is 1. The molecule has 96 valence electrons. The second-order valence-electron chi connectivity index (χ2n) is 3.50. The molecule has 0 aliphatic rings. The van der Waals surface area contributed by atoms with E-state index in [0.717, 1.165) is 0 Å². The van der Waals surface area contributed by atoms with Gasteiger partial charge >= 0.3 is 0 Å². The van der Waals surface area contributed by atoms with Crippen molar-refractivity contribution in [1.29, 1.82) is 0 Å². The molecule has 2 rings (SSSR count). The highest BCUT2D eigenvalue weighted by Crippen LogP contribution is 2.44. The van der Waals surface area contributed by atoms with Crippen LogP contribution in [0.15, 0.2) is 22.7 Å². The van der Waals surface area contributed by atoms with Crippen LogP contribution >= 0.6 is 0 Å². The van der Waals surface area contributed by atoms with Crippen LogP contribution in [0.4, 0.5) is 5.82 Å². The van der Waals surface area contributed by atoms with Crippen molar-refractivity contribution in [3.8, 4) is 28.6 Å². The summed E-state index contributed by atoms with van der Waals surface area (Å²) in [5.41, 5.74) is 6.23. The van der Waals surface area contributed by atoms with E-state index in [4.69, 9.17) is 24.5 Å². The molecule has 0 saturated heterocycles. The van der Waals surface area contributed by atoms with Gasteiger partial charge in [0.2, 0.25) is 5.75 Å².